The molecule has 1 heterocycles. The third-order valence-electron chi connectivity index (χ3n) is 2.82. The summed E-state index contributed by atoms with van der Waals surface area (Å²) in [5.74, 6) is 0.369. The molecule has 72 valence electrons. The highest BCUT2D eigenvalue weighted by atomic mass is 16.5. The molecular weight excluding hydrogens is 152 g/mol. The molecule has 1 N–H and O–H groups in total. The summed E-state index contributed by atoms with van der Waals surface area (Å²) in [6.45, 7) is 5.03. The van der Waals surface area contributed by atoms with Gasteiger partial charge in [0.05, 0.1) is 12.2 Å². The van der Waals surface area contributed by atoms with Gasteiger partial charge in [-0.15, -0.1) is 0 Å². The standard InChI is InChI=1S/C10H20O2/c1-3-8(2)10(11)9-6-4-5-7-12-9/h8-11H,3-7H2,1-2H3. The molecule has 1 saturated heterocycles. The largest absolute Gasteiger partial charge is 0.390 e. The van der Waals surface area contributed by atoms with Crippen LogP contribution in [0.5, 0.6) is 0 Å². The van der Waals surface area contributed by atoms with Crippen LogP contribution in [0, 0.1) is 5.92 Å². The molecule has 0 saturated carbocycles. The maximum absolute atomic E-state index is 9.82. The Bertz CT molecular complexity index is 119. The average molecular weight is 172 g/mol. The fourth-order valence-corrected chi connectivity index (χ4v) is 1.64. The first-order valence-corrected chi connectivity index (χ1v) is 5.05. The van der Waals surface area contributed by atoms with E-state index in [2.05, 4.69) is 13.8 Å². The Balaban J connectivity index is 2.33. The highest BCUT2D eigenvalue weighted by Crippen LogP contribution is 2.21. The Morgan fingerprint density at radius 3 is 2.75 bits per heavy atom. The van der Waals surface area contributed by atoms with Gasteiger partial charge in [-0.25, -0.2) is 0 Å². The maximum Gasteiger partial charge on any atom is 0.0836 e. The molecule has 3 unspecified atom stereocenters. The van der Waals surface area contributed by atoms with Crippen LogP contribution in [0.4, 0.5) is 0 Å². The summed E-state index contributed by atoms with van der Waals surface area (Å²) >= 11 is 0. The van der Waals surface area contributed by atoms with Crippen molar-refractivity contribution in [1.82, 2.24) is 0 Å². The van der Waals surface area contributed by atoms with Crippen LogP contribution < -0.4 is 0 Å². The van der Waals surface area contributed by atoms with E-state index in [4.69, 9.17) is 4.74 Å². The molecule has 1 rings (SSSR count). The summed E-state index contributed by atoms with van der Waals surface area (Å²) in [6, 6.07) is 0. The van der Waals surface area contributed by atoms with Crippen molar-refractivity contribution in [2.75, 3.05) is 6.61 Å². The zero-order valence-corrected chi connectivity index (χ0v) is 8.12. The topological polar surface area (TPSA) is 29.5 Å². The second-order valence-electron chi connectivity index (χ2n) is 3.78. The van der Waals surface area contributed by atoms with Crippen molar-refractivity contribution in [3.05, 3.63) is 0 Å². The molecule has 12 heavy (non-hydrogen) atoms. The van der Waals surface area contributed by atoms with E-state index in [1.807, 2.05) is 0 Å². The van der Waals surface area contributed by atoms with Gasteiger partial charge in [-0.1, -0.05) is 20.3 Å². The Morgan fingerprint density at radius 2 is 2.25 bits per heavy atom. The van der Waals surface area contributed by atoms with E-state index < -0.39 is 0 Å². The van der Waals surface area contributed by atoms with Crippen LogP contribution in [0.2, 0.25) is 0 Å². The van der Waals surface area contributed by atoms with Gasteiger partial charge in [0.2, 0.25) is 0 Å². The van der Waals surface area contributed by atoms with Crippen LogP contribution in [0.3, 0.4) is 0 Å². The molecule has 2 heteroatoms. The summed E-state index contributed by atoms with van der Waals surface area (Å²) in [5.41, 5.74) is 0. The Morgan fingerprint density at radius 1 is 1.50 bits per heavy atom. The summed E-state index contributed by atoms with van der Waals surface area (Å²) in [6.07, 6.45) is 4.28. The average Bonchev–Trinajstić information content (AvgIpc) is 2.17. The number of hydrogen-bond acceptors (Lipinski definition) is 2. The molecule has 0 amide bonds. The molecule has 0 radical (unpaired) electrons. The quantitative estimate of drug-likeness (QED) is 0.705. The zero-order valence-electron chi connectivity index (χ0n) is 8.12. The molecule has 2 nitrogen and oxygen atoms in total. The van der Waals surface area contributed by atoms with Crippen molar-refractivity contribution < 1.29 is 9.84 Å². The molecular formula is C10H20O2. The van der Waals surface area contributed by atoms with Crippen LogP contribution in [-0.4, -0.2) is 23.9 Å². The van der Waals surface area contributed by atoms with Crippen LogP contribution in [0.15, 0.2) is 0 Å². The Hall–Kier alpha value is -0.0800. The van der Waals surface area contributed by atoms with Crippen molar-refractivity contribution in [2.45, 2.75) is 51.7 Å². The summed E-state index contributed by atoms with van der Waals surface area (Å²) in [5, 5.41) is 9.82. The number of aliphatic hydroxyl groups is 1. The van der Waals surface area contributed by atoms with Gasteiger partial charge in [0.25, 0.3) is 0 Å². The van der Waals surface area contributed by atoms with E-state index in [9.17, 15) is 5.11 Å². The zero-order chi connectivity index (χ0) is 8.97. The van der Waals surface area contributed by atoms with E-state index >= 15 is 0 Å². The highest BCUT2D eigenvalue weighted by molar-refractivity contribution is 4.75. The lowest BCUT2D eigenvalue weighted by Gasteiger charge is -2.30. The number of rotatable bonds is 3. The SMILES string of the molecule is CCC(C)C(O)C1CCCCO1. The van der Waals surface area contributed by atoms with Gasteiger partial charge in [-0.2, -0.15) is 0 Å². The summed E-state index contributed by atoms with van der Waals surface area (Å²) in [7, 11) is 0. The second kappa shape index (κ2) is 4.83. The van der Waals surface area contributed by atoms with Crippen LogP contribution in [-0.2, 0) is 4.74 Å². The van der Waals surface area contributed by atoms with Crippen molar-refractivity contribution in [3.63, 3.8) is 0 Å². The molecule has 0 bridgehead atoms. The third kappa shape index (κ3) is 2.46. The Labute approximate surface area is 74.9 Å². The third-order valence-corrected chi connectivity index (χ3v) is 2.82. The molecule has 0 aromatic carbocycles. The van der Waals surface area contributed by atoms with Crippen molar-refractivity contribution >= 4 is 0 Å². The minimum Gasteiger partial charge on any atom is -0.390 e. The van der Waals surface area contributed by atoms with Gasteiger partial charge in [0.15, 0.2) is 0 Å². The fraction of sp³-hybridized carbons (Fsp3) is 1.00. The first-order chi connectivity index (χ1) is 5.75. The number of ether oxygens (including phenoxy) is 1. The molecule has 1 fully saturated rings. The highest BCUT2D eigenvalue weighted by Gasteiger charge is 2.25. The van der Waals surface area contributed by atoms with E-state index in [1.165, 1.54) is 6.42 Å². The molecule has 0 spiro atoms. The summed E-state index contributed by atoms with van der Waals surface area (Å²) in [4.78, 5) is 0. The molecule has 0 aromatic rings. The van der Waals surface area contributed by atoms with Crippen molar-refractivity contribution in [3.8, 4) is 0 Å². The monoisotopic (exact) mass is 172 g/mol. The van der Waals surface area contributed by atoms with E-state index in [-0.39, 0.29) is 12.2 Å². The van der Waals surface area contributed by atoms with E-state index in [0.717, 1.165) is 25.9 Å². The van der Waals surface area contributed by atoms with Crippen LogP contribution in [0.1, 0.15) is 39.5 Å². The number of aliphatic hydroxyl groups excluding tert-OH is 1. The number of hydrogen-bond donors (Lipinski definition) is 1. The van der Waals surface area contributed by atoms with E-state index in [1.54, 1.807) is 0 Å². The van der Waals surface area contributed by atoms with E-state index in [0.29, 0.717) is 5.92 Å². The molecule has 0 aromatic heterocycles. The Kier molecular flexibility index (Phi) is 4.02. The lowest BCUT2D eigenvalue weighted by Crippen LogP contribution is -2.36. The normalized spacial score (nSPS) is 29.8. The first-order valence-electron chi connectivity index (χ1n) is 5.05. The van der Waals surface area contributed by atoms with Gasteiger partial charge in [-0.05, 0) is 25.2 Å². The van der Waals surface area contributed by atoms with Gasteiger partial charge in [-0.3, -0.25) is 0 Å². The lowest BCUT2D eigenvalue weighted by atomic mass is 9.93. The van der Waals surface area contributed by atoms with Crippen LogP contribution >= 0.6 is 0 Å². The molecule has 1 aliphatic heterocycles. The van der Waals surface area contributed by atoms with Crippen LogP contribution in [0.25, 0.3) is 0 Å². The summed E-state index contributed by atoms with van der Waals surface area (Å²) < 4.78 is 5.51. The lowest BCUT2D eigenvalue weighted by molar-refractivity contribution is -0.0808. The van der Waals surface area contributed by atoms with Gasteiger partial charge < -0.3 is 9.84 Å². The maximum atomic E-state index is 9.82. The second-order valence-corrected chi connectivity index (χ2v) is 3.78. The first kappa shape index (κ1) is 10.0. The predicted molar refractivity (Wildman–Crippen MR) is 49.1 cm³/mol. The van der Waals surface area contributed by atoms with Gasteiger partial charge in [0, 0.05) is 6.61 Å². The molecule has 1 aliphatic rings. The van der Waals surface area contributed by atoms with Gasteiger partial charge in [0.1, 0.15) is 0 Å². The smallest absolute Gasteiger partial charge is 0.0836 e. The predicted octanol–water partition coefficient (Wildman–Crippen LogP) is 1.96. The fourth-order valence-electron chi connectivity index (χ4n) is 1.64. The van der Waals surface area contributed by atoms with Crippen molar-refractivity contribution in [1.29, 1.82) is 0 Å². The van der Waals surface area contributed by atoms with Gasteiger partial charge >= 0.3 is 0 Å². The molecule has 3 atom stereocenters. The molecule has 0 aliphatic carbocycles. The van der Waals surface area contributed by atoms with Crippen molar-refractivity contribution in [2.24, 2.45) is 5.92 Å². The minimum absolute atomic E-state index is 0.105. The minimum atomic E-state index is -0.254.